The molecule has 0 bridgehead atoms. The smallest absolute Gasteiger partial charge is 0.387 e. The highest BCUT2D eigenvalue weighted by molar-refractivity contribution is 6.30. The first kappa shape index (κ1) is 17.7. The number of carbonyl (C=O) groups excluding carboxylic acids is 1. The van der Waals surface area contributed by atoms with E-state index in [0.717, 1.165) is 0 Å². The predicted molar refractivity (Wildman–Crippen MR) is 85.8 cm³/mol. The zero-order valence-electron chi connectivity index (χ0n) is 12.3. The Bertz CT molecular complexity index is 691. The van der Waals surface area contributed by atoms with Crippen molar-refractivity contribution in [2.24, 2.45) is 5.10 Å². The minimum absolute atomic E-state index is 0.0440. The van der Waals surface area contributed by atoms with Gasteiger partial charge in [-0.05, 0) is 54.1 Å². The van der Waals surface area contributed by atoms with Gasteiger partial charge in [0, 0.05) is 5.02 Å². The lowest BCUT2D eigenvalue weighted by molar-refractivity contribution is -0.123. The van der Waals surface area contributed by atoms with Gasteiger partial charge in [-0.2, -0.15) is 13.9 Å². The summed E-state index contributed by atoms with van der Waals surface area (Å²) in [7, 11) is 0. The van der Waals surface area contributed by atoms with E-state index in [2.05, 4.69) is 15.3 Å². The summed E-state index contributed by atoms with van der Waals surface area (Å²) in [6.45, 7) is -3.08. The van der Waals surface area contributed by atoms with Crippen LogP contribution >= 0.6 is 11.6 Å². The Labute approximate surface area is 141 Å². The summed E-state index contributed by atoms with van der Waals surface area (Å²) in [4.78, 5) is 11.6. The molecule has 0 radical (unpaired) electrons. The average molecular weight is 355 g/mol. The first-order valence-electron chi connectivity index (χ1n) is 6.78. The van der Waals surface area contributed by atoms with Crippen molar-refractivity contribution in [1.82, 2.24) is 5.43 Å². The van der Waals surface area contributed by atoms with E-state index in [-0.39, 0.29) is 12.4 Å². The summed E-state index contributed by atoms with van der Waals surface area (Å²) in [5.41, 5.74) is 2.89. The van der Waals surface area contributed by atoms with Crippen molar-refractivity contribution in [1.29, 1.82) is 0 Å². The van der Waals surface area contributed by atoms with Crippen LogP contribution in [0.3, 0.4) is 0 Å². The van der Waals surface area contributed by atoms with Gasteiger partial charge >= 0.3 is 6.61 Å². The molecule has 8 heteroatoms. The normalized spacial score (nSPS) is 10.8. The summed E-state index contributed by atoms with van der Waals surface area (Å²) in [6, 6.07) is 12.4. The zero-order valence-corrected chi connectivity index (χ0v) is 13.0. The lowest BCUT2D eigenvalue weighted by Crippen LogP contribution is -2.24. The van der Waals surface area contributed by atoms with Gasteiger partial charge in [-0.25, -0.2) is 5.43 Å². The third kappa shape index (κ3) is 6.21. The van der Waals surface area contributed by atoms with E-state index in [0.29, 0.717) is 16.3 Å². The summed E-state index contributed by atoms with van der Waals surface area (Å²) in [5.74, 6) is 0.106. The maximum Gasteiger partial charge on any atom is 0.387 e. The number of nitrogens with zero attached hydrogens (tertiary/aromatic N) is 1. The van der Waals surface area contributed by atoms with E-state index >= 15 is 0 Å². The van der Waals surface area contributed by atoms with Gasteiger partial charge in [0.2, 0.25) is 0 Å². The fourth-order valence-corrected chi connectivity index (χ4v) is 1.75. The number of rotatable bonds is 7. The largest absolute Gasteiger partial charge is 0.484 e. The Balaban J connectivity index is 1.76. The highest BCUT2D eigenvalue weighted by atomic mass is 35.5. The lowest BCUT2D eigenvalue weighted by atomic mass is 10.2. The molecule has 2 rings (SSSR count). The van der Waals surface area contributed by atoms with Crippen molar-refractivity contribution in [3.05, 3.63) is 59.1 Å². The maximum atomic E-state index is 12.0. The predicted octanol–water partition coefficient (Wildman–Crippen LogP) is 3.47. The second-order valence-corrected chi connectivity index (χ2v) is 4.92. The van der Waals surface area contributed by atoms with Crippen LogP contribution in [0.25, 0.3) is 0 Å². The molecule has 0 fully saturated rings. The van der Waals surface area contributed by atoms with Gasteiger partial charge < -0.3 is 9.47 Å². The van der Waals surface area contributed by atoms with Crippen LogP contribution < -0.4 is 14.9 Å². The molecule has 1 amide bonds. The number of hydrogen-bond donors (Lipinski definition) is 1. The molecule has 126 valence electrons. The molecular weight excluding hydrogens is 342 g/mol. The Kier molecular flexibility index (Phi) is 6.51. The van der Waals surface area contributed by atoms with Crippen molar-refractivity contribution in [2.75, 3.05) is 6.61 Å². The molecule has 0 aliphatic carbocycles. The topological polar surface area (TPSA) is 59.9 Å². The summed E-state index contributed by atoms with van der Waals surface area (Å²) >= 11 is 5.74. The number of carbonyl (C=O) groups is 1. The number of benzene rings is 2. The minimum atomic E-state index is -2.87. The molecular formula is C16H13ClF2N2O3. The second kappa shape index (κ2) is 8.83. The first-order valence-corrected chi connectivity index (χ1v) is 7.16. The van der Waals surface area contributed by atoms with Crippen LogP contribution in [0.4, 0.5) is 8.78 Å². The molecule has 2 aromatic rings. The molecule has 0 aromatic heterocycles. The highest BCUT2D eigenvalue weighted by Gasteiger charge is 2.03. The van der Waals surface area contributed by atoms with Gasteiger partial charge in [0.1, 0.15) is 11.5 Å². The molecule has 0 saturated carbocycles. The van der Waals surface area contributed by atoms with E-state index in [1.165, 1.54) is 30.5 Å². The molecule has 2 aromatic carbocycles. The maximum absolute atomic E-state index is 12.0. The van der Waals surface area contributed by atoms with Gasteiger partial charge in [-0.15, -0.1) is 0 Å². The first-order chi connectivity index (χ1) is 11.5. The Hall–Kier alpha value is -2.67. The summed E-state index contributed by atoms with van der Waals surface area (Å²) < 4.78 is 33.5. The van der Waals surface area contributed by atoms with Crippen molar-refractivity contribution >= 4 is 23.7 Å². The molecule has 0 spiro atoms. The molecule has 5 nitrogen and oxygen atoms in total. The number of alkyl halides is 2. The molecule has 0 aliphatic heterocycles. The van der Waals surface area contributed by atoms with Crippen molar-refractivity contribution in [3.8, 4) is 11.5 Å². The third-order valence-corrected chi connectivity index (χ3v) is 2.94. The van der Waals surface area contributed by atoms with Gasteiger partial charge in [0.05, 0.1) is 6.21 Å². The summed E-state index contributed by atoms with van der Waals surface area (Å²) in [6.07, 6.45) is 1.37. The van der Waals surface area contributed by atoms with E-state index in [1.807, 2.05) is 0 Å². The number of ether oxygens (including phenoxy) is 2. The van der Waals surface area contributed by atoms with E-state index < -0.39 is 12.5 Å². The Morgan fingerprint density at radius 3 is 2.38 bits per heavy atom. The van der Waals surface area contributed by atoms with Gasteiger partial charge in [-0.3, -0.25) is 4.79 Å². The van der Waals surface area contributed by atoms with Gasteiger partial charge in [-0.1, -0.05) is 11.6 Å². The number of amides is 1. The van der Waals surface area contributed by atoms with Crippen LogP contribution in [0.2, 0.25) is 5.02 Å². The van der Waals surface area contributed by atoms with Gasteiger partial charge in [0.15, 0.2) is 6.61 Å². The fraction of sp³-hybridized carbons (Fsp3) is 0.125. The Morgan fingerprint density at radius 2 is 1.75 bits per heavy atom. The van der Waals surface area contributed by atoms with E-state index in [9.17, 15) is 13.6 Å². The molecule has 0 heterocycles. The second-order valence-electron chi connectivity index (χ2n) is 4.48. The number of hydrazone groups is 1. The van der Waals surface area contributed by atoms with Gasteiger partial charge in [0.25, 0.3) is 5.91 Å². The lowest BCUT2D eigenvalue weighted by Gasteiger charge is -2.05. The molecule has 24 heavy (non-hydrogen) atoms. The molecule has 0 saturated heterocycles. The molecule has 0 unspecified atom stereocenters. The third-order valence-electron chi connectivity index (χ3n) is 2.69. The van der Waals surface area contributed by atoms with Crippen LogP contribution in [0, 0.1) is 0 Å². The van der Waals surface area contributed by atoms with Crippen LogP contribution in [-0.2, 0) is 4.79 Å². The van der Waals surface area contributed by atoms with Crippen LogP contribution in [0.15, 0.2) is 53.6 Å². The van der Waals surface area contributed by atoms with Crippen LogP contribution in [0.5, 0.6) is 11.5 Å². The molecule has 0 atom stereocenters. The fourth-order valence-electron chi connectivity index (χ4n) is 1.63. The standard InChI is InChI=1S/C16H13ClF2N2O3/c17-12-3-7-13(8-4-12)23-10-15(22)21-20-9-11-1-5-14(6-2-11)24-16(18)19/h1-9,16H,10H2,(H,21,22). The number of nitrogens with one attached hydrogen (secondary N) is 1. The number of hydrogen-bond acceptors (Lipinski definition) is 4. The molecule has 1 N–H and O–H groups in total. The van der Waals surface area contributed by atoms with Crippen LogP contribution in [-0.4, -0.2) is 25.3 Å². The minimum Gasteiger partial charge on any atom is -0.484 e. The van der Waals surface area contributed by atoms with E-state index in [1.54, 1.807) is 24.3 Å². The monoisotopic (exact) mass is 354 g/mol. The molecule has 0 aliphatic rings. The quantitative estimate of drug-likeness (QED) is 0.612. The van der Waals surface area contributed by atoms with Crippen molar-refractivity contribution in [3.63, 3.8) is 0 Å². The zero-order chi connectivity index (χ0) is 17.4. The number of halogens is 3. The SMILES string of the molecule is O=C(COc1ccc(Cl)cc1)NN=Cc1ccc(OC(F)F)cc1. The van der Waals surface area contributed by atoms with E-state index in [4.69, 9.17) is 16.3 Å². The van der Waals surface area contributed by atoms with Crippen LogP contribution in [0.1, 0.15) is 5.56 Å². The highest BCUT2D eigenvalue weighted by Crippen LogP contribution is 2.15. The average Bonchev–Trinajstić information content (AvgIpc) is 2.55. The summed E-state index contributed by atoms with van der Waals surface area (Å²) in [5, 5.41) is 4.31. The van der Waals surface area contributed by atoms with Crippen molar-refractivity contribution in [2.45, 2.75) is 6.61 Å². The Morgan fingerprint density at radius 1 is 1.12 bits per heavy atom. The van der Waals surface area contributed by atoms with Crippen molar-refractivity contribution < 1.29 is 23.0 Å².